The van der Waals surface area contributed by atoms with Crippen LogP contribution < -0.4 is 9.47 Å². The molecule has 4 unspecified atom stereocenters. The molecule has 0 bridgehead atoms. The summed E-state index contributed by atoms with van der Waals surface area (Å²) in [5.74, 6) is 0.272. The molecular weight excluding hydrogens is 384 g/mol. The maximum atomic E-state index is 12.7. The van der Waals surface area contributed by atoms with Gasteiger partial charge in [0.15, 0.2) is 30.4 Å². The molecule has 0 saturated carbocycles. The maximum absolute atomic E-state index is 12.7. The molecule has 4 atom stereocenters. The molecule has 28 heavy (non-hydrogen) atoms. The number of rotatable bonds is 12. The number of carbonyl (C=O) groups is 1. The third-order valence-corrected chi connectivity index (χ3v) is 5.71. The lowest BCUT2D eigenvalue weighted by molar-refractivity contribution is -0.327. The smallest absolute Gasteiger partial charge is 0.373 e. The Balaban J connectivity index is 3.42. The van der Waals surface area contributed by atoms with E-state index in [1.165, 1.54) is 7.11 Å². The van der Waals surface area contributed by atoms with Gasteiger partial charge in [-0.1, -0.05) is 13.3 Å². The number of carbonyl (C=O) groups excluding carboxylic acids is 1. The SMILES string of the molecule is CCC([SiH3])c1c(C(=O)OOC(C)OC)ccc(OC(C)OC)c1OC(C)OC. The van der Waals surface area contributed by atoms with E-state index in [0.29, 0.717) is 22.6 Å². The predicted molar refractivity (Wildman–Crippen MR) is 107 cm³/mol. The standard InChI is InChI=1S/C19H32O8Si/c1-8-16(28)17-14(19(20)27-26-13(4)23-7)9-10-15(24-11(2)21-5)18(17)25-12(3)22-6/h9-13,16H,8H2,1-7,28H3. The Labute approximate surface area is 169 Å². The van der Waals surface area contributed by atoms with Crippen LogP contribution in [0.1, 0.15) is 55.6 Å². The summed E-state index contributed by atoms with van der Waals surface area (Å²) in [7, 11) is 5.33. The van der Waals surface area contributed by atoms with Crippen LogP contribution in [0, 0.1) is 0 Å². The second-order valence-electron chi connectivity index (χ2n) is 6.28. The molecule has 0 aliphatic carbocycles. The highest BCUT2D eigenvalue weighted by Gasteiger charge is 2.27. The quantitative estimate of drug-likeness (QED) is 0.222. The van der Waals surface area contributed by atoms with Crippen LogP contribution in [0.3, 0.4) is 0 Å². The zero-order valence-electron chi connectivity index (χ0n) is 17.9. The van der Waals surface area contributed by atoms with Crippen molar-refractivity contribution in [3.63, 3.8) is 0 Å². The minimum atomic E-state index is -0.681. The van der Waals surface area contributed by atoms with Crippen molar-refractivity contribution >= 4 is 16.2 Å². The first kappa shape index (κ1) is 24.4. The number of ether oxygens (including phenoxy) is 5. The molecule has 160 valence electrons. The zero-order chi connectivity index (χ0) is 21.3. The van der Waals surface area contributed by atoms with Gasteiger partial charge in [-0.25, -0.2) is 4.79 Å². The molecule has 0 aliphatic heterocycles. The van der Waals surface area contributed by atoms with Gasteiger partial charge < -0.3 is 23.7 Å². The molecule has 8 nitrogen and oxygen atoms in total. The fourth-order valence-corrected chi connectivity index (χ4v) is 2.88. The first-order valence-electron chi connectivity index (χ1n) is 9.25. The third-order valence-electron chi connectivity index (χ3n) is 4.32. The van der Waals surface area contributed by atoms with Crippen molar-refractivity contribution in [1.82, 2.24) is 0 Å². The van der Waals surface area contributed by atoms with Crippen LogP contribution in [0.2, 0.25) is 0 Å². The van der Waals surface area contributed by atoms with E-state index in [2.05, 4.69) is 0 Å². The van der Waals surface area contributed by atoms with E-state index < -0.39 is 24.8 Å². The van der Waals surface area contributed by atoms with Crippen molar-refractivity contribution < 1.29 is 38.3 Å². The first-order chi connectivity index (χ1) is 13.3. The predicted octanol–water partition coefficient (Wildman–Crippen LogP) is 2.33. The van der Waals surface area contributed by atoms with Gasteiger partial charge in [0.25, 0.3) is 0 Å². The summed E-state index contributed by atoms with van der Waals surface area (Å²) >= 11 is 0. The van der Waals surface area contributed by atoms with E-state index in [-0.39, 0.29) is 5.54 Å². The molecule has 0 saturated heterocycles. The minimum Gasteiger partial charge on any atom is -0.461 e. The molecule has 0 radical (unpaired) electrons. The second kappa shape index (κ2) is 12.0. The first-order valence-corrected chi connectivity index (χ1v) is 10.4. The van der Waals surface area contributed by atoms with Crippen molar-refractivity contribution in [3.05, 3.63) is 23.3 Å². The zero-order valence-corrected chi connectivity index (χ0v) is 19.9. The van der Waals surface area contributed by atoms with Gasteiger partial charge >= 0.3 is 5.97 Å². The minimum absolute atomic E-state index is 0.114. The van der Waals surface area contributed by atoms with Crippen molar-refractivity contribution in [2.75, 3.05) is 21.3 Å². The lowest BCUT2D eigenvalue weighted by Crippen LogP contribution is -2.22. The summed E-state index contributed by atoms with van der Waals surface area (Å²) in [6.07, 6.45) is -0.894. The van der Waals surface area contributed by atoms with Gasteiger partial charge in [-0.05, 0) is 38.4 Å². The van der Waals surface area contributed by atoms with Crippen LogP contribution in [0.25, 0.3) is 0 Å². The number of hydrogen-bond acceptors (Lipinski definition) is 8. The largest absolute Gasteiger partial charge is 0.461 e. The molecule has 1 aromatic rings. The molecule has 0 N–H and O–H groups in total. The van der Waals surface area contributed by atoms with Crippen LogP contribution in [0.5, 0.6) is 11.5 Å². The van der Waals surface area contributed by atoms with Crippen LogP contribution >= 0.6 is 0 Å². The summed E-state index contributed by atoms with van der Waals surface area (Å²) in [5.41, 5.74) is 1.17. The normalized spacial score (nSPS) is 15.5. The average Bonchev–Trinajstić information content (AvgIpc) is 2.71. The van der Waals surface area contributed by atoms with E-state index in [9.17, 15) is 4.79 Å². The molecule has 1 aromatic carbocycles. The van der Waals surface area contributed by atoms with Crippen molar-refractivity contribution in [1.29, 1.82) is 0 Å². The lowest BCUT2D eigenvalue weighted by atomic mass is 10.0. The Morgan fingerprint density at radius 2 is 1.54 bits per heavy atom. The fourth-order valence-electron chi connectivity index (χ4n) is 2.30. The molecule has 0 aromatic heterocycles. The number of hydrogen-bond donors (Lipinski definition) is 0. The van der Waals surface area contributed by atoms with Gasteiger partial charge in [-0.2, -0.15) is 4.89 Å². The molecule has 0 aliphatic rings. The topological polar surface area (TPSA) is 81.7 Å². The highest BCUT2D eigenvalue weighted by Crippen LogP contribution is 2.40. The molecular formula is C19H32O8Si. The van der Waals surface area contributed by atoms with Crippen LogP contribution in [-0.2, 0) is 24.0 Å². The summed E-state index contributed by atoms with van der Waals surface area (Å²) < 4.78 is 27.2. The van der Waals surface area contributed by atoms with Gasteiger partial charge in [0.1, 0.15) is 0 Å². The van der Waals surface area contributed by atoms with E-state index in [1.54, 1.807) is 47.1 Å². The van der Waals surface area contributed by atoms with Gasteiger partial charge in [0.2, 0.25) is 0 Å². The van der Waals surface area contributed by atoms with E-state index in [4.69, 9.17) is 33.5 Å². The van der Waals surface area contributed by atoms with Crippen molar-refractivity contribution in [2.24, 2.45) is 0 Å². The van der Waals surface area contributed by atoms with Gasteiger partial charge in [0.05, 0.1) is 5.56 Å². The van der Waals surface area contributed by atoms with Crippen LogP contribution in [-0.4, -0.2) is 56.4 Å². The molecule has 0 fully saturated rings. The molecule has 0 heterocycles. The summed E-state index contributed by atoms with van der Waals surface area (Å²) in [6, 6.07) is 3.29. The molecule has 0 spiro atoms. The maximum Gasteiger partial charge on any atom is 0.373 e. The summed E-state index contributed by atoms with van der Waals surface area (Å²) in [4.78, 5) is 22.6. The number of benzene rings is 1. The summed E-state index contributed by atoms with van der Waals surface area (Å²) in [5, 5.41) is 0. The van der Waals surface area contributed by atoms with Gasteiger partial charge in [-0.3, -0.25) is 4.89 Å². The van der Waals surface area contributed by atoms with E-state index in [1.807, 2.05) is 6.92 Å². The Morgan fingerprint density at radius 1 is 0.964 bits per heavy atom. The Hall–Kier alpha value is -1.65. The monoisotopic (exact) mass is 416 g/mol. The second-order valence-corrected chi connectivity index (χ2v) is 7.67. The van der Waals surface area contributed by atoms with E-state index >= 15 is 0 Å². The summed E-state index contributed by atoms with van der Waals surface area (Å²) in [6.45, 7) is 7.19. The third kappa shape index (κ3) is 6.75. The average molecular weight is 417 g/mol. The number of methoxy groups -OCH3 is 3. The Morgan fingerprint density at radius 3 is 2.07 bits per heavy atom. The van der Waals surface area contributed by atoms with Crippen LogP contribution in [0.4, 0.5) is 0 Å². The Kier molecular flexibility index (Phi) is 10.5. The Bertz CT molecular complexity index is 624. The van der Waals surface area contributed by atoms with Gasteiger partial charge in [-0.15, -0.1) is 0 Å². The van der Waals surface area contributed by atoms with E-state index in [0.717, 1.165) is 16.7 Å². The van der Waals surface area contributed by atoms with Crippen molar-refractivity contribution in [2.45, 2.75) is 58.5 Å². The highest BCUT2D eigenvalue weighted by atomic mass is 28.1. The highest BCUT2D eigenvalue weighted by molar-refractivity contribution is 6.14. The molecule has 1 rings (SSSR count). The molecule has 0 amide bonds. The van der Waals surface area contributed by atoms with Crippen molar-refractivity contribution in [3.8, 4) is 11.5 Å². The fraction of sp³-hybridized carbons (Fsp3) is 0.632. The van der Waals surface area contributed by atoms with Crippen LogP contribution in [0.15, 0.2) is 12.1 Å². The molecule has 9 heteroatoms. The lowest BCUT2D eigenvalue weighted by Gasteiger charge is -2.25. The van der Waals surface area contributed by atoms with Gasteiger partial charge in [0, 0.05) is 37.1 Å².